The van der Waals surface area contributed by atoms with Gasteiger partial charge in [0.1, 0.15) is 5.75 Å². The SMILES string of the molecule is O=C(COc1ccccc1)NCCCN1CCO[C@H](c2ccccc2)C1. The molecule has 5 nitrogen and oxygen atoms in total. The van der Waals surface area contributed by atoms with Crippen molar-refractivity contribution in [2.45, 2.75) is 12.5 Å². The third kappa shape index (κ3) is 5.86. The zero-order chi connectivity index (χ0) is 18.0. The van der Waals surface area contributed by atoms with Crippen LogP contribution in [0.5, 0.6) is 5.75 Å². The second-order valence-electron chi connectivity index (χ2n) is 6.38. The summed E-state index contributed by atoms with van der Waals surface area (Å²) >= 11 is 0. The molecule has 1 aliphatic rings. The number of hydrogen-bond donors (Lipinski definition) is 1. The zero-order valence-corrected chi connectivity index (χ0v) is 15.0. The highest BCUT2D eigenvalue weighted by atomic mass is 16.5. The lowest BCUT2D eigenvalue weighted by molar-refractivity contribution is -0.123. The molecule has 26 heavy (non-hydrogen) atoms. The molecule has 2 aromatic rings. The van der Waals surface area contributed by atoms with Crippen molar-refractivity contribution in [3.63, 3.8) is 0 Å². The Balaban J connectivity index is 1.31. The Morgan fingerprint density at radius 2 is 1.85 bits per heavy atom. The second-order valence-corrected chi connectivity index (χ2v) is 6.38. The molecule has 0 unspecified atom stereocenters. The Morgan fingerprint density at radius 1 is 1.12 bits per heavy atom. The van der Waals surface area contributed by atoms with Crippen LogP contribution in [0.25, 0.3) is 0 Å². The molecule has 1 heterocycles. The van der Waals surface area contributed by atoms with Crippen molar-refractivity contribution in [1.29, 1.82) is 0 Å². The van der Waals surface area contributed by atoms with Crippen LogP contribution >= 0.6 is 0 Å². The van der Waals surface area contributed by atoms with Crippen molar-refractivity contribution in [2.75, 3.05) is 39.4 Å². The van der Waals surface area contributed by atoms with Crippen LogP contribution in [0.2, 0.25) is 0 Å². The van der Waals surface area contributed by atoms with Gasteiger partial charge in [-0.05, 0) is 24.1 Å². The van der Waals surface area contributed by atoms with Gasteiger partial charge in [-0.1, -0.05) is 48.5 Å². The zero-order valence-electron chi connectivity index (χ0n) is 15.0. The van der Waals surface area contributed by atoms with Gasteiger partial charge >= 0.3 is 0 Å². The largest absolute Gasteiger partial charge is 0.484 e. The molecule has 0 radical (unpaired) electrons. The second kappa shape index (κ2) is 9.94. The summed E-state index contributed by atoms with van der Waals surface area (Å²) in [6, 6.07) is 19.7. The molecule has 0 spiro atoms. The number of benzene rings is 2. The fourth-order valence-corrected chi connectivity index (χ4v) is 3.02. The van der Waals surface area contributed by atoms with E-state index in [4.69, 9.17) is 9.47 Å². The predicted octanol–water partition coefficient (Wildman–Crippen LogP) is 2.65. The third-order valence-corrected chi connectivity index (χ3v) is 4.41. The van der Waals surface area contributed by atoms with Crippen molar-refractivity contribution in [1.82, 2.24) is 10.2 Å². The number of para-hydroxylation sites is 1. The molecule has 1 aliphatic heterocycles. The Bertz CT molecular complexity index is 663. The number of carbonyl (C=O) groups is 1. The summed E-state index contributed by atoms with van der Waals surface area (Å²) in [5.41, 5.74) is 1.23. The summed E-state index contributed by atoms with van der Waals surface area (Å²) in [7, 11) is 0. The molecule has 0 saturated carbocycles. The minimum absolute atomic E-state index is 0.0532. The van der Waals surface area contributed by atoms with Gasteiger partial charge in [0, 0.05) is 26.2 Å². The van der Waals surface area contributed by atoms with Crippen molar-refractivity contribution < 1.29 is 14.3 Å². The quantitative estimate of drug-likeness (QED) is 0.741. The Morgan fingerprint density at radius 3 is 2.62 bits per heavy atom. The summed E-state index contributed by atoms with van der Waals surface area (Å²) in [5.74, 6) is 0.626. The van der Waals surface area contributed by atoms with Crippen LogP contribution in [0.4, 0.5) is 0 Å². The molecule has 1 N–H and O–H groups in total. The minimum Gasteiger partial charge on any atom is -0.484 e. The van der Waals surface area contributed by atoms with Crippen molar-refractivity contribution in [3.05, 3.63) is 66.2 Å². The summed E-state index contributed by atoms with van der Waals surface area (Å²) in [5, 5.41) is 2.91. The molecule has 1 amide bonds. The predicted molar refractivity (Wildman–Crippen MR) is 101 cm³/mol. The van der Waals surface area contributed by atoms with E-state index in [-0.39, 0.29) is 18.6 Å². The van der Waals surface area contributed by atoms with Gasteiger partial charge < -0.3 is 14.8 Å². The van der Waals surface area contributed by atoms with E-state index in [0.29, 0.717) is 12.3 Å². The monoisotopic (exact) mass is 354 g/mol. The van der Waals surface area contributed by atoms with Crippen molar-refractivity contribution in [3.8, 4) is 5.75 Å². The third-order valence-electron chi connectivity index (χ3n) is 4.41. The topological polar surface area (TPSA) is 50.8 Å². The van der Waals surface area contributed by atoms with Crippen LogP contribution in [-0.4, -0.2) is 50.2 Å². The molecule has 2 aromatic carbocycles. The van der Waals surface area contributed by atoms with E-state index in [2.05, 4.69) is 22.3 Å². The van der Waals surface area contributed by atoms with E-state index in [1.165, 1.54) is 5.56 Å². The van der Waals surface area contributed by atoms with E-state index in [1.807, 2.05) is 48.5 Å². The first kappa shape index (κ1) is 18.4. The van der Waals surface area contributed by atoms with Crippen molar-refractivity contribution >= 4 is 5.91 Å². The maximum atomic E-state index is 11.8. The van der Waals surface area contributed by atoms with Gasteiger partial charge in [-0.15, -0.1) is 0 Å². The van der Waals surface area contributed by atoms with Crippen LogP contribution in [0.15, 0.2) is 60.7 Å². The number of amides is 1. The van der Waals surface area contributed by atoms with Gasteiger partial charge in [0.05, 0.1) is 12.7 Å². The van der Waals surface area contributed by atoms with E-state index < -0.39 is 0 Å². The Labute approximate surface area is 154 Å². The number of nitrogens with one attached hydrogen (secondary N) is 1. The number of carbonyl (C=O) groups excluding carboxylic acids is 1. The fourth-order valence-electron chi connectivity index (χ4n) is 3.02. The maximum Gasteiger partial charge on any atom is 0.257 e. The number of morpholine rings is 1. The molecule has 0 bridgehead atoms. The highest BCUT2D eigenvalue weighted by molar-refractivity contribution is 5.77. The molecule has 1 atom stereocenters. The lowest BCUT2D eigenvalue weighted by Gasteiger charge is -2.33. The molecular weight excluding hydrogens is 328 g/mol. The number of hydrogen-bond acceptors (Lipinski definition) is 4. The molecule has 0 aliphatic carbocycles. The molecule has 3 rings (SSSR count). The lowest BCUT2D eigenvalue weighted by Crippen LogP contribution is -2.40. The van der Waals surface area contributed by atoms with E-state index >= 15 is 0 Å². The number of ether oxygens (including phenoxy) is 2. The van der Waals surface area contributed by atoms with E-state index in [0.717, 1.165) is 32.7 Å². The van der Waals surface area contributed by atoms with Gasteiger partial charge in [0.25, 0.3) is 5.91 Å². The van der Waals surface area contributed by atoms with Crippen molar-refractivity contribution in [2.24, 2.45) is 0 Å². The van der Waals surface area contributed by atoms with Gasteiger partial charge in [0.15, 0.2) is 6.61 Å². The summed E-state index contributed by atoms with van der Waals surface area (Å²) in [4.78, 5) is 14.2. The molecule has 5 heteroatoms. The minimum atomic E-state index is -0.0852. The van der Waals surface area contributed by atoms with Crippen LogP contribution in [0, 0.1) is 0 Å². The maximum absolute atomic E-state index is 11.8. The molecule has 1 saturated heterocycles. The average Bonchev–Trinajstić information content (AvgIpc) is 2.71. The summed E-state index contributed by atoms with van der Waals surface area (Å²) in [6.45, 7) is 4.24. The average molecular weight is 354 g/mol. The first-order valence-electron chi connectivity index (χ1n) is 9.15. The summed E-state index contributed by atoms with van der Waals surface area (Å²) in [6.07, 6.45) is 1.05. The first-order chi connectivity index (χ1) is 12.8. The number of rotatable bonds is 8. The normalized spacial score (nSPS) is 17.6. The fraction of sp³-hybridized carbons (Fsp3) is 0.381. The standard InChI is InChI=1S/C21H26N2O3/c24-21(17-26-19-10-5-2-6-11-19)22-12-7-13-23-14-15-25-20(16-23)18-8-3-1-4-9-18/h1-6,8-11,20H,7,12-17H2,(H,22,24)/t20-/m0/s1. The Kier molecular flexibility index (Phi) is 7.05. The van der Waals surface area contributed by atoms with Crippen LogP contribution < -0.4 is 10.1 Å². The highest BCUT2D eigenvalue weighted by Crippen LogP contribution is 2.21. The van der Waals surface area contributed by atoms with Crippen LogP contribution in [0.1, 0.15) is 18.1 Å². The van der Waals surface area contributed by atoms with E-state index in [9.17, 15) is 4.79 Å². The number of nitrogens with zero attached hydrogens (tertiary/aromatic N) is 1. The molecular formula is C21H26N2O3. The summed E-state index contributed by atoms with van der Waals surface area (Å²) < 4.78 is 11.3. The molecule has 0 aromatic heterocycles. The van der Waals surface area contributed by atoms with Crippen LogP contribution in [-0.2, 0) is 9.53 Å². The smallest absolute Gasteiger partial charge is 0.257 e. The Hall–Kier alpha value is -2.37. The van der Waals surface area contributed by atoms with Gasteiger partial charge in [0.2, 0.25) is 0 Å². The van der Waals surface area contributed by atoms with Crippen LogP contribution in [0.3, 0.4) is 0 Å². The van der Waals surface area contributed by atoms with Gasteiger partial charge in [-0.3, -0.25) is 9.69 Å². The van der Waals surface area contributed by atoms with E-state index in [1.54, 1.807) is 0 Å². The molecule has 138 valence electrons. The lowest BCUT2D eigenvalue weighted by atomic mass is 10.1. The molecule has 1 fully saturated rings. The van der Waals surface area contributed by atoms with Gasteiger partial charge in [-0.2, -0.15) is 0 Å². The first-order valence-corrected chi connectivity index (χ1v) is 9.15. The van der Waals surface area contributed by atoms with Gasteiger partial charge in [-0.25, -0.2) is 0 Å². The highest BCUT2D eigenvalue weighted by Gasteiger charge is 2.21.